The molecule has 3 aromatic rings. The molecule has 0 fully saturated rings. The van der Waals surface area contributed by atoms with Gasteiger partial charge < -0.3 is 16.2 Å². The SMILES string of the molecule is CCOC(=O)CN1Cc2nc3sc(C(N)=O)c(N)c3c(-c3cccs3)c2C1. The van der Waals surface area contributed by atoms with Gasteiger partial charge in [-0.3, -0.25) is 14.5 Å². The van der Waals surface area contributed by atoms with Gasteiger partial charge in [-0.05, 0) is 23.9 Å². The van der Waals surface area contributed by atoms with E-state index in [0.717, 1.165) is 27.1 Å². The summed E-state index contributed by atoms with van der Waals surface area (Å²) in [5, 5.41) is 2.77. The normalized spacial score (nSPS) is 13.8. The number of pyridine rings is 1. The molecule has 0 unspecified atom stereocenters. The van der Waals surface area contributed by atoms with Gasteiger partial charge in [-0.2, -0.15) is 0 Å². The fraction of sp³-hybridized carbons (Fsp3) is 0.278. The van der Waals surface area contributed by atoms with Crippen LogP contribution in [0.4, 0.5) is 5.69 Å². The molecule has 4 rings (SSSR count). The molecule has 4 heterocycles. The van der Waals surface area contributed by atoms with Gasteiger partial charge in [0.1, 0.15) is 9.71 Å². The number of anilines is 1. The Balaban J connectivity index is 1.85. The fourth-order valence-electron chi connectivity index (χ4n) is 3.41. The van der Waals surface area contributed by atoms with Gasteiger partial charge in [0, 0.05) is 28.9 Å². The van der Waals surface area contributed by atoms with Crippen molar-refractivity contribution in [3.05, 3.63) is 33.6 Å². The molecule has 140 valence electrons. The highest BCUT2D eigenvalue weighted by Crippen LogP contribution is 2.45. The number of carbonyl (C=O) groups is 2. The van der Waals surface area contributed by atoms with E-state index in [1.807, 2.05) is 22.4 Å². The number of esters is 1. The molecule has 3 aromatic heterocycles. The fourth-order valence-corrected chi connectivity index (χ4v) is 5.19. The highest BCUT2D eigenvalue weighted by molar-refractivity contribution is 7.21. The first-order valence-electron chi connectivity index (χ1n) is 8.45. The van der Waals surface area contributed by atoms with Crippen LogP contribution in [0, 0.1) is 0 Å². The number of nitrogens with zero attached hydrogens (tertiary/aromatic N) is 2. The number of rotatable bonds is 5. The average Bonchev–Trinajstić information content (AvgIpc) is 3.32. The molecule has 9 heteroatoms. The van der Waals surface area contributed by atoms with Crippen molar-refractivity contribution in [1.29, 1.82) is 0 Å². The van der Waals surface area contributed by atoms with Gasteiger partial charge in [0.2, 0.25) is 0 Å². The largest absolute Gasteiger partial charge is 0.465 e. The first-order valence-corrected chi connectivity index (χ1v) is 10.1. The smallest absolute Gasteiger partial charge is 0.320 e. The minimum Gasteiger partial charge on any atom is -0.465 e. The number of hydrogen-bond donors (Lipinski definition) is 2. The third-order valence-corrected chi connectivity index (χ3v) is 6.47. The second kappa shape index (κ2) is 6.91. The van der Waals surface area contributed by atoms with E-state index in [4.69, 9.17) is 21.2 Å². The first-order chi connectivity index (χ1) is 13.0. The summed E-state index contributed by atoms with van der Waals surface area (Å²) in [4.78, 5) is 32.4. The lowest BCUT2D eigenvalue weighted by Crippen LogP contribution is -2.26. The van der Waals surface area contributed by atoms with E-state index in [2.05, 4.69) is 0 Å². The van der Waals surface area contributed by atoms with Crippen LogP contribution in [0.25, 0.3) is 20.7 Å². The Labute approximate surface area is 163 Å². The molecule has 0 aliphatic carbocycles. The van der Waals surface area contributed by atoms with Gasteiger partial charge in [-0.15, -0.1) is 22.7 Å². The average molecular weight is 403 g/mol. The maximum atomic E-state index is 11.9. The third-order valence-electron chi connectivity index (χ3n) is 4.47. The summed E-state index contributed by atoms with van der Waals surface area (Å²) in [5.74, 6) is -0.794. The summed E-state index contributed by atoms with van der Waals surface area (Å²) in [7, 11) is 0. The van der Waals surface area contributed by atoms with Crippen molar-refractivity contribution >= 4 is 50.5 Å². The molecule has 0 aromatic carbocycles. The standard InChI is InChI=1S/C18H18N4O3S2/c1-2-25-12(23)8-22-6-9-10(7-22)21-18-14(13(9)11-4-3-5-26-11)15(19)16(27-18)17(20)24/h3-5H,2,6-8,19H2,1H3,(H2,20,24). The molecule has 0 atom stereocenters. The summed E-state index contributed by atoms with van der Waals surface area (Å²) in [6, 6.07) is 4.00. The molecule has 0 radical (unpaired) electrons. The number of carbonyl (C=O) groups excluding carboxylic acids is 2. The topological polar surface area (TPSA) is 112 Å². The molecule has 4 N–H and O–H groups in total. The quantitative estimate of drug-likeness (QED) is 0.635. The number of aromatic nitrogens is 1. The van der Waals surface area contributed by atoms with Crippen molar-refractivity contribution in [3.8, 4) is 10.4 Å². The number of ether oxygens (including phenoxy) is 1. The zero-order chi connectivity index (χ0) is 19.1. The number of nitrogens with two attached hydrogens (primary N) is 2. The summed E-state index contributed by atoms with van der Waals surface area (Å²) in [5.41, 5.74) is 15.1. The second-order valence-electron chi connectivity index (χ2n) is 6.23. The predicted molar refractivity (Wildman–Crippen MR) is 107 cm³/mol. The van der Waals surface area contributed by atoms with Crippen molar-refractivity contribution < 1.29 is 14.3 Å². The Morgan fingerprint density at radius 1 is 1.37 bits per heavy atom. The number of amides is 1. The van der Waals surface area contributed by atoms with Crippen LogP contribution in [0.3, 0.4) is 0 Å². The van der Waals surface area contributed by atoms with Crippen molar-refractivity contribution in [2.75, 3.05) is 18.9 Å². The Morgan fingerprint density at radius 3 is 2.85 bits per heavy atom. The van der Waals surface area contributed by atoms with Crippen LogP contribution in [0.15, 0.2) is 17.5 Å². The van der Waals surface area contributed by atoms with E-state index in [1.54, 1.807) is 18.3 Å². The minimum absolute atomic E-state index is 0.212. The van der Waals surface area contributed by atoms with E-state index < -0.39 is 5.91 Å². The number of thiophene rings is 2. The zero-order valence-corrected chi connectivity index (χ0v) is 16.3. The van der Waals surface area contributed by atoms with Crippen LogP contribution in [-0.4, -0.2) is 34.9 Å². The van der Waals surface area contributed by atoms with Gasteiger partial charge in [0.25, 0.3) is 5.91 Å². The van der Waals surface area contributed by atoms with Gasteiger partial charge >= 0.3 is 5.97 Å². The lowest BCUT2D eigenvalue weighted by Gasteiger charge is -2.13. The molecule has 1 amide bonds. The zero-order valence-electron chi connectivity index (χ0n) is 14.7. The van der Waals surface area contributed by atoms with Crippen LogP contribution in [0.1, 0.15) is 27.9 Å². The monoisotopic (exact) mass is 402 g/mol. The molecule has 7 nitrogen and oxygen atoms in total. The van der Waals surface area contributed by atoms with Crippen LogP contribution in [0.5, 0.6) is 0 Å². The van der Waals surface area contributed by atoms with E-state index in [-0.39, 0.29) is 12.5 Å². The maximum absolute atomic E-state index is 11.9. The van der Waals surface area contributed by atoms with E-state index in [1.165, 1.54) is 11.3 Å². The number of primary amides is 1. The molecule has 0 saturated heterocycles. The number of nitrogen functional groups attached to an aromatic ring is 1. The van der Waals surface area contributed by atoms with Crippen LogP contribution in [0.2, 0.25) is 0 Å². The van der Waals surface area contributed by atoms with Crippen LogP contribution >= 0.6 is 22.7 Å². The van der Waals surface area contributed by atoms with Gasteiger partial charge in [0.15, 0.2) is 0 Å². The lowest BCUT2D eigenvalue weighted by molar-refractivity contribution is -0.144. The van der Waals surface area contributed by atoms with Gasteiger partial charge in [-0.1, -0.05) is 6.07 Å². The lowest BCUT2D eigenvalue weighted by atomic mass is 10.0. The Hall–Kier alpha value is -2.49. The maximum Gasteiger partial charge on any atom is 0.320 e. The Kier molecular flexibility index (Phi) is 4.58. The van der Waals surface area contributed by atoms with Crippen molar-refractivity contribution in [1.82, 2.24) is 9.88 Å². The predicted octanol–water partition coefficient (Wildman–Crippen LogP) is 2.58. The first kappa shape index (κ1) is 17.9. The summed E-state index contributed by atoms with van der Waals surface area (Å²) in [6.07, 6.45) is 0. The molecule has 1 aliphatic heterocycles. The Bertz CT molecular complexity index is 1040. The van der Waals surface area contributed by atoms with Crippen LogP contribution in [-0.2, 0) is 22.6 Å². The summed E-state index contributed by atoms with van der Waals surface area (Å²) >= 11 is 2.82. The molecular weight excluding hydrogens is 384 g/mol. The number of fused-ring (bicyclic) bond motifs is 2. The minimum atomic E-state index is -0.545. The molecule has 27 heavy (non-hydrogen) atoms. The molecule has 1 aliphatic rings. The van der Waals surface area contributed by atoms with Gasteiger partial charge in [0.05, 0.1) is 24.5 Å². The van der Waals surface area contributed by atoms with Crippen LogP contribution < -0.4 is 11.5 Å². The highest BCUT2D eigenvalue weighted by Gasteiger charge is 2.30. The van der Waals surface area contributed by atoms with Crippen molar-refractivity contribution in [2.45, 2.75) is 20.0 Å². The van der Waals surface area contributed by atoms with Crippen molar-refractivity contribution in [2.24, 2.45) is 5.73 Å². The number of hydrogen-bond acceptors (Lipinski definition) is 8. The summed E-state index contributed by atoms with van der Waals surface area (Å²) in [6.45, 7) is 3.49. The molecular formula is C18H18N4O3S2. The highest BCUT2D eigenvalue weighted by atomic mass is 32.1. The van der Waals surface area contributed by atoms with Crippen molar-refractivity contribution in [3.63, 3.8) is 0 Å². The van der Waals surface area contributed by atoms with E-state index >= 15 is 0 Å². The molecule has 0 bridgehead atoms. The summed E-state index contributed by atoms with van der Waals surface area (Å²) < 4.78 is 5.06. The van der Waals surface area contributed by atoms with E-state index in [0.29, 0.717) is 35.1 Å². The van der Waals surface area contributed by atoms with E-state index in [9.17, 15) is 9.59 Å². The second-order valence-corrected chi connectivity index (χ2v) is 8.18. The van der Waals surface area contributed by atoms with Gasteiger partial charge in [-0.25, -0.2) is 4.98 Å². The molecule has 0 saturated carbocycles. The third kappa shape index (κ3) is 3.07. The Morgan fingerprint density at radius 2 is 2.19 bits per heavy atom. The molecule has 0 spiro atoms.